The summed E-state index contributed by atoms with van der Waals surface area (Å²) in [5, 5.41) is 5.96. The van der Waals surface area contributed by atoms with E-state index in [1.807, 2.05) is 49.5 Å². The summed E-state index contributed by atoms with van der Waals surface area (Å²) in [5.74, 6) is 0.669. The number of methoxy groups -OCH3 is 1. The first-order valence-corrected chi connectivity index (χ1v) is 11.5. The lowest BCUT2D eigenvalue weighted by Crippen LogP contribution is -2.43. The van der Waals surface area contributed by atoms with Gasteiger partial charge in [0.25, 0.3) is 5.91 Å². The van der Waals surface area contributed by atoms with Gasteiger partial charge in [0.2, 0.25) is 0 Å². The van der Waals surface area contributed by atoms with Gasteiger partial charge in [0.05, 0.1) is 19.3 Å². The molecule has 2 N–H and O–H groups in total. The third kappa shape index (κ3) is 8.26. The van der Waals surface area contributed by atoms with Gasteiger partial charge in [-0.05, 0) is 62.9 Å². The second kappa shape index (κ2) is 13.7. The van der Waals surface area contributed by atoms with Crippen molar-refractivity contribution in [2.75, 3.05) is 33.1 Å². The molecule has 2 aromatic rings. The lowest BCUT2D eigenvalue weighted by molar-refractivity contribution is -0.145. The molecule has 0 bridgehead atoms. The summed E-state index contributed by atoms with van der Waals surface area (Å²) in [6.45, 7) is 3.01. The van der Waals surface area contributed by atoms with Crippen LogP contribution in [0.4, 0.5) is 0 Å². The molecule has 1 atom stereocenters. The molecule has 31 heavy (non-hydrogen) atoms. The van der Waals surface area contributed by atoms with Gasteiger partial charge in [0.15, 0.2) is 0 Å². The molecule has 1 amide bonds. The third-order valence-corrected chi connectivity index (χ3v) is 5.75. The number of amides is 1. The number of hydrogen-bond acceptors (Lipinski definition) is 6. The van der Waals surface area contributed by atoms with Gasteiger partial charge in [-0.2, -0.15) is 0 Å². The van der Waals surface area contributed by atoms with Crippen LogP contribution in [0.15, 0.2) is 53.4 Å². The fraction of sp³-hybridized carbons (Fsp3) is 0.417. The molecule has 6 nitrogen and oxygen atoms in total. The average molecular weight is 445 g/mol. The third-order valence-electron chi connectivity index (χ3n) is 4.67. The van der Waals surface area contributed by atoms with E-state index in [1.54, 1.807) is 31.9 Å². The van der Waals surface area contributed by atoms with Gasteiger partial charge in [-0.15, -0.1) is 11.8 Å². The topological polar surface area (TPSA) is 76.7 Å². The van der Waals surface area contributed by atoms with Crippen LogP contribution in [0.2, 0.25) is 0 Å². The van der Waals surface area contributed by atoms with E-state index in [2.05, 4.69) is 10.6 Å². The summed E-state index contributed by atoms with van der Waals surface area (Å²) in [4.78, 5) is 26.5. The molecule has 168 valence electrons. The van der Waals surface area contributed by atoms with Crippen molar-refractivity contribution in [1.82, 2.24) is 10.6 Å². The molecule has 0 unspecified atom stereocenters. The fourth-order valence-electron chi connectivity index (χ4n) is 3.06. The molecular weight excluding hydrogens is 412 g/mol. The first-order valence-electron chi connectivity index (χ1n) is 10.6. The van der Waals surface area contributed by atoms with Gasteiger partial charge in [0, 0.05) is 11.3 Å². The molecule has 0 fully saturated rings. The van der Waals surface area contributed by atoms with Gasteiger partial charge >= 0.3 is 5.97 Å². The highest BCUT2D eigenvalue weighted by Gasteiger charge is 2.24. The molecule has 0 aliphatic carbocycles. The Morgan fingerprint density at radius 2 is 1.87 bits per heavy atom. The van der Waals surface area contributed by atoms with Crippen LogP contribution in [0.25, 0.3) is 0 Å². The Morgan fingerprint density at radius 1 is 1.10 bits per heavy atom. The lowest BCUT2D eigenvalue weighted by Gasteiger charge is -2.18. The molecule has 0 aliphatic heterocycles. The number of thioether (sulfide) groups is 1. The Kier molecular flexibility index (Phi) is 11.0. The van der Waals surface area contributed by atoms with Gasteiger partial charge in [-0.25, -0.2) is 4.79 Å². The van der Waals surface area contributed by atoms with Crippen LogP contribution in [-0.2, 0) is 16.0 Å². The molecule has 0 aromatic heterocycles. The Hall–Kier alpha value is -2.51. The second-order valence-electron chi connectivity index (χ2n) is 6.99. The van der Waals surface area contributed by atoms with E-state index >= 15 is 0 Å². The van der Waals surface area contributed by atoms with Crippen LogP contribution in [0.3, 0.4) is 0 Å². The van der Waals surface area contributed by atoms with Gasteiger partial charge < -0.3 is 20.1 Å². The summed E-state index contributed by atoms with van der Waals surface area (Å²) in [7, 11) is 3.49. The zero-order chi connectivity index (χ0) is 22.5. The van der Waals surface area contributed by atoms with Crippen molar-refractivity contribution in [3.05, 3.63) is 59.7 Å². The van der Waals surface area contributed by atoms with E-state index in [1.165, 1.54) is 0 Å². The molecule has 0 saturated heterocycles. The Labute approximate surface area is 189 Å². The van der Waals surface area contributed by atoms with Crippen molar-refractivity contribution >= 4 is 23.6 Å². The second-order valence-corrected chi connectivity index (χ2v) is 8.16. The minimum atomic E-state index is -0.777. The van der Waals surface area contributed by atoms with E-state index in [0.717, 1.165) is 35.6 Å². The van der Waals surface area contributed by atoms with Crippen molar-refractivity contribution in [3.63, 3.8) is 0 Å². The number of esters is 1. The maximum Gasteiger partial charge on any atom is 0.328 e. The summed E-state index contributed by atoms with van der Waals surface area (Å²) in [5.41, 5.74) is 1.34. The van der Waals surface area contributed by atoms with Crippen LogP contribution < -0.4 is 15.4 Å². The molecule has 0 spiro atoms. The average Bonchev–Trinajstić information content (AvgIpc) is 2.79. The Bertz CT molecular complexity index is 830. The minimum absolute atomic E-state index is 0.254. The fourth-order valence-corrected chi connectivity index (χ4v) is 4.00. The summed E-state index contributed by atoms with van der Waals surface area (Å²) < 4.78 is 10.6. The van der Waals surface area contributed by atoms with Crippen molar-refractivity contribution in [1.29, 1.82) is 0 Å². The van der Waals surface area contributed by atoms with Gasteiger partial charge in [0.1, 0.15) is 11.8 Å². The quantitative estimate of drug-likeness (QED) is 0.279. The summed E-state index contributed by atoms with van der Waals surface area (Å²) in [6.07, 6.45) is 2.59. The number of rotatable bonds is 13. The molecule has 7 heteroatoms. The maximum absolute atomic E-state index is 13.0. The highest BCUT2D eigenvalue weighted by atomic mass is 32.2. The molecule has 0 aliphatic rings. The standard InChI is InChI=1S/C24H32N2O4S/c1-4-30-24(28)21(16-18-10-6-5-7-11-18)26-23(27)20-13-12-19(17-22(20)29-3)31-15-9-8-14-25-2/h5-7,10-13,17,21,25H,4,8-9,14-16H2,1-3H3,(H,26,27)/t21-/m1/s1. The maximum atomic E-state index is 13.0. The number of hydrogen-bond donors (Lipinski definition) is 2. The van der Waals surface area contributed by atoms with E-state index < -0.39 is 12.0 Å². The van der Waals surface area contributed by atoms with Crippen LogP contribution in [0.5, 0.6) is 5.75 Å². The van der Waals surface area contributed by atoms with Crippen molar-refractivity contribution in [3.8, 4) is 5.75 Å². The van der Waals surface area contributed by atoms with Crippen molar-refractivity contribution in [2.45, 2.75) is 37.1 Å². The van der Waals surface area contributed by atoms with Crippen molar-refractivity contribution < 1.29 is 19.1 Å². The van der Waals surface area contributed by atoms with E-state index in [0.29, 0.717) is 17.7 Å². The van der Waals surface area contributed by atoms with Crippen LogP contribution in [0, 0.1) is 0 Å². The van der Waals surface area contributed by atoms with Gasteiger partial charge in [-0.1, -0.05) is 30.3 Å². The van der Waals surface area contributed by atoms with Crippen LogP contribution in [-0.4, -0.2) is 51.0 Å². The SMILES string of the molecule is CCOC(=O)[C@@H](Cc1ccccc1)NC(=O)c1ccc(SCCCCNC)cc1OC. The monoisotopic (exact) mass is 444 g/mol. The van der Waals surface area contributed by atoms with E-state index in [-0.39, 0.29) is 12.5 Å². The first kappa shape index (κ1) is 24.8. The first-order chi connectivity index (χ1) is 15.1. The normalized spacial score (nSPS) is 11.6. The number of nitrogens with one attached hydrogen (secondary N) is 2. The number of carbonyl (C=O) groups excluding carboxylic acids is 2. The smallest absolute Gasteiger partial charge is 0.328 e. The largest absolute Gasteiger partial charge is 0.496 e. The number of benzene rings is 2. The van der Waals surface area contributed by atoms with E-state index in [9.17, 15) is 9.59 Å². The zero-order valence-corrected chi connectivity index (χ0v) is 19.3. The molecule has 0 heterocycles. The zero-order valence-electron chi connectivity index (χ0n) is 18.5. The Balaban J connectivity index is 2.08. The number of carbonyl (C=O) groups is 2. The number of unbranched alkanes of at least 4 members (excludes halogenated alkanes) is 1. The molecule has 2 rings (SSSR count). The molecule has 2 aromatic carbocycles. The Morgan fingerprint density at radius 3 is 2.55 bits per heavy atom. The van der Waals surface area contributed by atoms with Crippen LogP contribution in [0.1, 0.15) is 35.7 Å². The highest BCUT2D eigenvalue weighted by Crippen LogP contribution is 2.27. The minimum Gasteiger partial charge on any atom is -0.496 e. The molecule has 0 saturated carbocycles. The lowest BCUT2D eigenvalue weighted by atomic mass is 10.1. The molecule has 0 radical (unpaired) electrons. The van der Waals surface area contributed by atoms with Crippen LogP contribution >= 0.6 is 11.8 Å². The summed E-state index contributed by atoms with van der Waals surface area (Å²) >= 11 is 1.73. The molecular formula is C24H32N2O4S. The highest BCUT2D eigenvalue weighted by molar-refractivity contribution is 7.99. The predicted octanol–water partition coefficient (Wildman–Crippen LogP) is 3.69. The number of ether oxygens (including phenoxy) is 2. The predicted molar refractivity (Wildman–Crippen MR) is 125 cm³/mol. The van der Waals surface area contributed by atoms with Crippen molar-refractivity contribution in [2.24, 2.45) is 0 Å². The summed E-state index contributed by atoms with van der Waals surface area (Å²) in [6, 6.07) is 14.3. The van der Waals surface area contributed by atoms with Gasteiger partial charge in [-0.3, -0.25) is 4.79 Å². The van der Waals surface area contributed by atoms with E-state index in [4.69, 9.17) is 9.47 Å².